The zero-order chi connectivity index (χ0) is 27.6. The molecule has 37 heavy (non-hydrogen) atoms. The van der Waals surface area contributed by atoms with Crippen LogP contribution >= 0.6 is 11.8 Å². The number of carbonyl (C=O) groups excluding carboxylic acids is 1. The van der Waals surface area contributed by atoms with Crippen molar-refractivity contribution in [3.05, 3.63) is 83.7 Å². The largest absolute Gasteiger partial charge is 0.430 e. The molecule has 0 aliphatic heterocycles. The van der Waals surface area contributed by atoms with Crippen LogP contribution in [-0.2, 0) is 10.4 Å². The van der Waals surface area contributed by atoms with E-state index >= 15 is 0 Å². The number of aliphatic hydroxyl groups excluding tert-OH is 1. The highest BCUT2D eigenvalue weighted by atomic mass is 32.2. The van der Waals surface area contributed by atoms with Crippen LogP contribution in [0.15, 0.2) is 71.6 Å². The quantitative estimate of drug-likeness (QED) is 0.242. The lowest BCUT2D eigenvalue weighted by Gasteiger charge is -2.32. The smallest absolute Gasteiger partial charge is 0.395 e. The first-order chi connectivity index (χ1) is 17.2. The second-order valence-electron chi connectivity index (χ2n) is 7.98. The van der Waals surface area contributed by atoms with Gasteiger partial charge in [-0.05, 0) is 47.7 Å². The van der Waals surface area contributed by atoms with E-state index < -0.39 is 47.8 Å². The molecule has 0 saturated heterocycles. The van der Waals surface area contributed by atoms with Gasteiger partial charge in [0.25, 0.3) is 5.60 Å². The van der Waals surface area contributed by atoms with E-state index in [1.807, 2.05) is 6.26 Å². The van der Waals surface area contributed by atoms with Gasteiger partial charge in [-0.25, -0.2) is 4.39 Å². The predicted molar refractivity (Wildman–Crippen MR) is 125 cm³/mol. The maximum absolute atomic E-state index is 14.6. The maximum Gasteiger partial charge on any atom is 0.430 e. The van der Waals surface area contributed by atoms with Crippen molar-refractivity contribution < 1.29 is 45.7 Å². The Morgan fingerprint density at radius 1 is 0.919 bits per heavy atom. The standard InChI is InChI=1S/C25H20F7NO3S/c1-37-18-9-4-15(5-10-18)20(13-34)22(35)33-17-7-2-14(3-8-17)19-11-6-16(12-21(19)26)23(36,24(27,28)29)25(30,31)32/h2-12,20,34,36H,13H2,1H3,(H,33,35). The van der Waals surface area contributed by atoms with Gasteiger partial charge in [-0.1, -0.05) is 36.4 Å². The van der Waals surface area contributed by atoms with E-state index in [2.05, 4.69) is 5.32 Å². The Hall–Kier alpha value is -3.09. The summed E-state index contributed by atoms with van der Waals surface area (Å²) in [5.41, 5.74) is -6.35. The molecule has 1 unspecified atom stereocenters. The number of aliphatic hydroxyl groups is 2. The number of rotatable bonds is 7. The molecule has 0 fully saturated rings. The zero-order valence-corrected chi connectivity index (χ0v) is 19.8. The average molecular weight is 547 g/mol. The lowest BCUT2D eigenvalue weighted by molar-refractivity contribution is -0.376. The lowest BCUT2D eigenvalue weighted by atomic mass is 9.90. The van der Waals surface area contributed by atoms with E-state index in [0.29, 0.717) is 17.7 Å². The van der Waals surface area contributed by atoms with Gasteiger partial charge in [0.1, 0.15) is 5.82 Å². The minimum Gasteiger partial charge on any atom is -0.395 e. The number of alkyl halides is 6. The van der Waals surface area contributed by atoms with Crippen LogP contribution in [0.1, 0.15) is 17.0 Å². The number of thioether (sulfide) groups is 1. The summed E-state index contributed by atoms with van der Waals surface area (Å²) in [6.45, 7) is -0.470. The zero-order valence-electron chi connectivity index (χ0n) is 19.0. The molecule has 0 heterocycles. The molecule has 4 nitrogen and oxygen atoms in total. The van der Waals surface area contributed by atoms with E-state index in [-0.39, 0.29) is 22.9 Å². The number of carbonyl (C=O) groups is 1. The van der Waals surface area contributed by atoms with E-state index in [0.717, 1.165) is 4.90 Å². The Kier molecular flexibility index (Phi) is 8.25. The highest BCUT2D eigenvalue weighted by Gasteiger charge is 2.71. The molecule has 3 aromatic rings. The molecular formula is C25H20F7NO3S. The number of hydrogen-bond acceptors (Lipinski definition) is 4. The van der Waals surface area contributed by atoms with Crippen molar-refractivity contribution in [1.82, 2.24) is 0 Å². The van der Waals surface area contributed by atoms with Crippen molar-refractivity contribution in [3.8, 4) is 11.1 Å². The second kappa shape index (κ2) is 10.7. The van der Waals surface area contributed by atoms with Gasteiger partial charge in [0, 0.05) is 21.7 Å². The topological polar surface area (TPSA) is 69.6 Å². The molecule has 1 atom stereocenters. The summed E-state index contributed by atoms with van der Waals surface area (Å²) in [5, 5.41) is 21.7. The van der Waals surface area contributed by atoms with Gasteiger partial charge in [0.15, 0.2) is 0 Å². The summed E-state index contributed by atoms with van der Waals surface area (Å²) in [6, 6.07) is 13.4. The van der Waals surface area contributed by atoms with E-state index in [4.69, 9.17) is 0 Å². The molecule has 198 valence electrons. The molecule has 0 saturated carbocycles. The summed E-state index contributed by atoms with van der Waals surface area (Å²) in [6.07, 6.45) is -10.4. The van der Waals surface area contributed by atoms with E-state index in [1.54, 1.807) is 24.3 Å². The van der Waals surface area contributed by atoms with Crippen molar-refractivity contribution in [2.24, 2.45) is 0 Å². The summed E-state index contributed by atoms with van der Waals surface area (Å²) in [5.74, 6) is -2.82. The van der Waals surface area contributed by atoms with Crippen LogP contribution in [0, 0.1) is 5.82 Å². The van der Waals surface area contributed by atoms with Crippen molar-refractivity contribution in [1.29, 1.82) is 0 Å². The van der Waals surface area contributed by atoms with Crippen molar-refractivity contribution in [3.63, 3.8) is 0 Å². The first-order valence-corrected chi connectivity index (χ1v) is 11.8. The normalized spacial score (nSPS) is 13.4. The fourth-order valence-electron chi connectivity index (χ4n) is 3.60. The molecule has 3 N–H and O–H groups in total. The summed E-state index contributed by atoms with van der Waals surface area (Å²) in [7, 11) is 0. The van der Waals surface area contributed by atoms with Gasteiger partial charge >= 0.3 is 12.4 Å². The van der Waals surface area contributed by atoms with Gasteiger partial charge in [-0.2, -0.15) is 26.3 Å². The number of benzene rings is 3. The first kappa shape index (κ1) is 28.5. The summed E-state index contributed by atoms with van der Waals surface area (Å²) in [4.78, 5) is 13.6. The van der Waals surface area contributed by atoms with Crippen LogP contribution in [0.25, 0.3) is 11.1 Å². The Morgan fingerprint density at radius 3 is 1.95 bits per heavy atom. The van der Waals surface area contributed by atoms with Crippen LogP contribution in [0.5, 0.6) is 0 Å². The Bertz CT molecular complexity index is 1230. The lowest BCUT2D eigenvalue weighted by Crippen LogP contribution is -2.53. The number of hydrogen-bond donors (Lipinski definition) is 3. The minimum atomic E-state index is -6.14. The fourth-order valence-corrected chi connectivity index (χ4v) is 4.01. The van der Waals surface area contributed by atoms with Gasteiger partial charge < -0.3 is 15.5 Å². The molecule has 1 amide bonds. The molecule has 12 heteroatoms. The van der Waals surface area contributed by atoms with Crippen LogP contribution in [0.4, 0.5) is 36.4 Å². The summed E-state index contributed by atoms with van der Waals surface area (Å²) < 4.78 is 93.0. The second-order valence-corrected chi connectivity index (χ2v) is 8.86. The van der Waals surface area contributed by atoms with Crippen molar-refractivity contribution in [2.45, 2.75) is 28.8 Å². The molecule has 3 rings (SSSR count). The third kappa shape index (κ3) is 5.76. The molecular weight excluding hydrogens is 527 g/mol. The van der Waals surface area contributed by atoms with Gasteiger partial charge in [-0.3, -0.25) is 4.79 Å². The van der Waals surface area contributed by atoms with E-state index in [1.165, 1.54) is 36.0 Å². The molecule has 0 spiro atoms. The summed E-state index contributed by atoms with van der Waals surface area (Å²) >= 11 is 1.51. The Balaban J connectivity index is 1.82. The van der Waals surface area contributed by atoms with Crippen LogP contribution in [0.2, 0.25) is 0 Å². The molecule has 0 radical (unpaired) electrons. The monoisotopic (exact) mass is 547 g/mol. The van der Waals surface area contributed by atoms with Crippen molar-refractivity contribution in [2.75, 3.05) is 18.2 Å². The van der Waals surface area contributed by atoms with E-state index in [9.17, 15) is 45.7 Å². The SMILES string of the molecule is CSc1ccc(C(CO)C(=O)Nc2ccc(-c3ccc(C(O)(C(F)(F)F)C(F)(F)F)cc3F)cc2)cc1. The molecule has 0 aromatic heterocycles. The Morgan fingerprint density at radius 2 is 1.49 bits per heavy atom. The number of amides is 1. The van der Waals surface area contributed by atoms with Crippen molar-refractivity contribution >= 4 is 23.4 Å². The van der Waals surface area contributed by atoms with Crippen LogP contribution in [0.3, 0.4) is 0 Å². The highest BCUT2D eigenvalue weighted by molar-refractivity contribution is 7.98. The number of anilines is 1. The minimum absolute atomic E-state index is 0.0137. The molecule has 0 bridgehead atoms. The number of nitrogens with one attached hydrogen (secondary N) is 1. The van der Waals surface area contributed by atoms with Crippen LogP contribution < -0.4 is 5.32 Å². The Labute approximate surface area is 211 Å². The fraction of sp³-hybridized carbons (Fsp3) is 0.240. The van der Waals surface area contributed by atoms with Gasteiger partial charge in [0.05, 0.1) is 12.5 Å². The van der Waals surface area contributed by atoms with Gasteiger partial charge in [0.2, 0.25) is 5.91 Å². The molecule has 0 aliphatic rings. The third-order valence-electron chi connectivity index (χ3n) is 5.69. The third-order valence-corrected chi connectivity index (χ3v) is 6.43. The first-order valence-electron chi connectivity index (χ1n) is 10.5. The highest BCUT2D eigenvalue weighted by Crippen LogP contribution is 2.50. The average Bonchev–Trinajstić information content (AvgIpc) is 2.83. The predicted octanol–water partition coefficient (Wildman–Crippen LogP) is 6.24. The van der Waals surface area contributed by atoms with Gasteiger partial charge in [-0.15, -0.1) is 11.8 Å². The molecule has 3 aromatic carbocycles. The number of halogens is 7. The maximum atomic E-state index is 14.6. The van der Waals surface area contributed by atoms with Crippen LogP contribution in [-0.4, -0.2) is 41.3 Å². The molecule has 0 aliphatic carbocycles.